The quantitative estimate of drug-likeness (QED) is 0.203. The molecule has 0 aliphatic carbocycles. The Hall–Kier alpha value is -3.04. The highest BCUT2D eigenvalue weighted by atomic mass is 31.2. The van der Waals surface area contributed by atoms with Gasteiger partial charge in [0.2, 0.25) is 5.82 Å². The summed E-state index contributed by atoms with van der Waals surface area (Å²) in [6.45, 7) is 2.78. The van der Waals surface area contributed by atoms with Crippen LogP contribution in [-0.2, 0) is 23.4 Å². The largest absolute Gasteiger partial charge is 0.462 e. The van der Waals surface area contributed by atoms with Crippen molar-refractivity contribution in [3.05, 3.63) is 63.2 Å². The predicted octanol–water partition coefficient (Wildman–Crippen LogP) is 2.04. The zero-order valence-corrected chi connectivity index (χ0v) is 21.6. The number of rotatable bonds is 11. The third-order valence-electron chi connectivity index (χ3n) is 5.45. The normalized spacial score (nSPS) is 25.4. The number of aliphatic hydroxyl groups excluding tert-OH is 1. The number of benzene rings is 1. The van der Waals surface area contributed by atoms with E-state index in [1.165, 1.54) is 36.2 Å². The van der Waals surface area contributed by atoms with Gasteiger partial charge in [0.25, 0.3) is 12.0 Å². The van der Waals surface area contributed by atoms with Crippen LogP contribution < -0.4 is 20.9 Å². The van der Waals surface area contributed by atoms with E-state index >= 15 is 4.39 Å². The number of aromatic amines is 1. The fraction of sp³-hybridized carbons (Fsp3) is 0.500. The van der Waals surface area contributed by atoms with Crippen molar-refractivity contribution in [2.24, 2.45) is 0 Å². The number of hydrogen-bond donors (Lipinski definition) is 3. The van der Waals surface area contributed by atoms with Gasteiger partial charge >= 0.3 is 19.4 Å². The molecule has 1 aromatic carbocycles. The maximum atomic E-state index is 15.2. The Balaban J connectivity index is 1.92. The number of nitrogens with one attached hydrogen (secondary N) is 2. The molecule has 1 aliphatic heterocycles. The third-order valence-corrected chi connectivity index (χ3v) is 7.08. The molecule has 1 saturated heterocycles. The number of carbonyl (C=O) groups excluding carboxylic acids is 1. The van der Waals surface area contributed by atoms with E-state index in [2.05, 4.69) is 5.09 Å². The number of aliphatic hydroxyl groups is 1. The number of ether oxygens (including phenoxy) is 2. The van der Waals surface area contributed by atoms with Crippen molar-refractivity contribution >= 4 is 13.7 Å². The Bertz CT molecular complexity index is 1330. The fourth-order valence-corrected chi connectivity index (χ4v) is 5.06. The van der Waals surface area contributed by atoms with E-state index in [-0.39, 0.29) is 16.5 Å². The molecule has 17 heteroatoms. The summed E-state index contributed by atoms with van der Waals surface area (Å²) >= 11 is 0. The molecule has 2 heterocycles. The number of halogens is 4. The molecular formula is C22H26F4N3O9P. The van der Waals surface area contributed by atoms with Crippen LogP contribution in [0.1, 0.15) is 27.0 Å². The van der Waals surface area contributed by atoms with Crippen LogP contribution >= 0.6 is 7.75 Å². The Kier molecular flexibility index (Phi) is 9.39. The first kappa shape index (κ1) is 30.5. The van der Waals surface area contributed by atoms with E-state index in [0.29, 0.717) is 0 Å². The van der Waals surface area contributed by atoms with Gasteiger partial charge in [-0.25, -0.2) is 22.5 Å². The molecule has 3 N–H and O–H groups in total. The summed E-state index contributed by atoms with van der Waals surface area (Å²) in [5.74, 6) is -2.52. The van der Waals surface area contributed by atoms with Gasteiger partial charge in [0.05, 0.1) is 18.9 Å². The van der Waals surface area contributed by atoms with Gasteiger partial charge in [0.1, 0.15) is 17.9 Å². The van der Waals surface area contributed by atoms with Gasteiger partial charge in [-0.2, -0.15) is 9.48 Å². The summed E-state index contributed by atoms with van der Waals surface area (Å²) in [5, 5.41) is 12.5. The molecular weight excluding hydrogens is 557 g/mol. The lowest BCUT2D eigenvalue weighted by Gasteiger charge is -2.31. The summed E-state index contributed by atoms with van der Waals surface area (Å²) in [5.41, 5.74) is -6.19. The molecule has 216 valence electrons. The van der Waals surface area contributed by atoms with E-state index < -0.39 is 80.1 Å². The van der Waals surface area contributed by atoms with Crippen LogP contribution in [0.25, 0.3) is 0 Å². The molecule has 3 rings (SSSR count). The van der Waals surface area contributed by atoms with Gasteiger partial charge in [-0.05, 0) is 32.9 Å². The standard InChI is InChI=1S/C22H26F4N3O9P/c1-11(2)36-19(32)12(3)28-39(34,38-13-7-5-4-6-8-13)35-10-22(20(25)26)16(24)15(30)18(37-22)29-9-14(23)17(31)27-21(29)33/h4-9,11-12,15-16,18,20,30H,10H2,1-3H3,(H,28,34)(H,27,31,33)/t12-,15+,16+,18+,22+,39?/m0/s1. The zero-order chi connectivity index (χ0) is 29.1. The van der Waals surface area contributed by atoms with Crippen molar-refractivity contribution in [2.75, 3.05) is 6.61 Å². The van der Waals surface area contributed by atoms with Crippen molar-refractivity contribution in [3.63, 3.8) is 0 Å². The summed E-state index contributed by atoms with van der Waals surface area (Å²) in [6.07, 6.45) is -11.8. The molecule has 2 aromatic rings. The highest BCUT2D eigenvalue weighted by molar-refractivity contribution is 7.52. The first-order valence-electron chi connectivity index (χ1n) is 11.5. The number of hydrogen-bond acceptors (Lipinski definition) is 9. The monoisotopic (exact) mass is 583 g/mol. The van der Waals surface area contributed by atoms with Crippen molar-refractivity contribution in [2.45, 2.75) is 63.4 Å². The van der Waals surface area contributed by atoms with Gasteiger partial charge in [-0.1, -0.05) is 18.2 Å². The van der Waals surface area contributed by atoms with Crippen molar-refractivity contribution < 1.29 is 50.5 Å². The second-order valence-electron chi connectivity index (χ2n) is 8.81. The topological polar surface area (TPSA) is 158 Å². The molecule has 0 bridgehead atoms. The number of carbonyl (C=O) groups is 1. The second-order valence-corrected chi connectivity index (χ2v) is 10.5. The Labute approximate surface area is 218 Å². The van der Waals surface area contributed by atoms with Crippen LogP contribution in [0.3, 0.4) is 0 Å². The summed E-state index contributed by atoms with van der Waals surface area (Å²) in [6, 6.07) is 5.85. The minimum absolute atomic E-state index is 0.0822. The summed E-state index contributed by atoms with van der Waals surface area (Å²) in [4.78, 5) is 37.2. The minimum Gasteiger partial charge on any atom is -0.462 e. The van der Waals surface area contributed by atoms with Crippen LogP contribution in [-0.4, -0.2) is 63.7 Å². The number of esters is 1. The molecule has 6 atom stereocenters. The van der Waals surface area contributed by atoms with Crippen LogP contribution in [0.5, 0.6) is 5.75 Å². The van der Waals surface area contributed by atoms with Gasteiger partial charge in [0.15, 0.2) is 18.0 Å². The van der Waals surface area contributed by atoms with Crippen molar-refractivity contribution in [1.29, 1.82) is 0 Å². The van der Waals surface area contributed by atoms with E-state index in [1.807, 2.05) is 0 Å². The average molecular weight is 583 g/mol. The summed E-state index contributed by atoms with van der Waals surface area (Å²) < 4.78 is 91.8. The maximum absolute atomic E-state index is 15.2. The number of alkyl halides is 3. The molecule has 1 aromatic heterocycles. The van der Waals surface area contributed by atoms with Gasteiger partial charge in [-0.15, -0.1) is 0 Å². The number of H-pyrrole nitrogens is 1. The zero-order valence-electron chi connectivity index (χ0n) is 20.8. The predicted molar refractivity (Wildman–Crippen MR) is 125 cm³/mol. The highest BCUT2D eigenvalue weighted by Gasteiger charge is 2.63. The van der Waals surface area contributed by atoms with Crippen LogP contribution in [0, 0.1) is 5.82 Å². The molecule has 12 nitrogen and oxygen atoms in total. The van der Waals surface area contributed by atoms with Crippen molar-refractivity contribution in [3.8, 4) is 5.75 Å². The Morgan fingerprint density at radius 3 is 2.49 bits per heavy atom. The third kappa shape index (κ3) is 6.76. The lowest BCUT2D eigenvalue weighted by molar-refractivity contribution is -0.183. The number of para-hydroxylation sites is 1. The molecule has 0 spiro atoms. The van der Waals surface area contributed by atoms with Gasteiger partial charge in [0, 0.05) is 0 Å². The highest BCUT2D eigenvalue weighted by Crippen LogP contribution is 2.49. The molecule has 1 unspecified atom stereocenters. The van der Waals surface area contributed by atoms with E-state index in [9.17, 15) is 37.2 Å². The minimum atomic E-state index is -4.78. The van der Waals surface area contributed by atoms with Gasteiger partial charge in [-0.3, -0.25) is 23.7 Å². The summed E-state index contributed by atoms with van der Waals surface area (Å²) in [7, 11) is -4.78. The molecule has 1 aliphatic rings. The Morgan fingerprint density at radius 1 is 1.26 bits per heavy atom. The molecule has 0 amide bonds. The average Bonchev–Trinajstić information content (AvgIpc) is 3.11. The SMILES string of the molecule is CC(C)OC(=O)[C@H](C)NP(=O)(OC[C@@]1(C(F)F)O[C@@H](n2cc(F)c(=O)[nH]c2=O)[C@H](O)[C@H]1F)Oc1ccccc1. The first-order chi connectivity index (χ1) is 18.2. The lowest BCUT2D eigenvalue weighted by atomic mass is 9.98. The van der Waals surface area contributed by atoms with E-state index in [0.717, 1.165) is 0 Å². The molecule has 0 saturated carbocycles. The van der Waals surface area contributed by atoms with Crippen LogP contribution in [0.15, 0.2) is 46.1 Å². The van der Waals surface area contributed by atoms with E-state index in [1.54, 1.807) is 19.9 Å². The number of nitrogens with zero attached hydrogens (tertiary/aromatic N) is 1. The molecule has 1 fully saturated rings. The molecule has 0 radical (unpaired) electrons. The van der Waals surface area contributed by atoms with Gasteiger partial charge < -0.3 is 19.1 Å². The maximum Gasteiger partial charge on any atom is 0.459 e. The lowest BCUT2D eigenvalue weighted by Crippen LogP contribution is -2.51. The molecule has 39 heavy (non-hydrogen) atoms. The smallest absolute Gasteiger partial charge is 0.459 e. The fourth-order valence-electron chi connectivity index (χ4n) is 3.53. The van der Waals surface area contributed by atoms with Crippen molar-refractivity contribution in [1.82, 2.24) is 14.6 Å². The van der Waals surface area contributed by atoms with Crippen LogP contribution in [0.4, 0.5) is 17.6 Å². The second kappa shape index (κ2) is 12.0. The Morgan fingerprint density at radius 2 is 1.90 bits per heavy atom. The van der Waals surface area contributed by atoms with Crippen LogP contribution in [0.2, 0.25) is 0 Å². The van der Waals surface area contributed by atoms with E-state index in [4.69, 9.17) is 18.5 Å². The number of aromatic nitrogens is 2. The first-order valence-corrected chi connectivity index (χ1v) is 13.0.